The van der Waals surface area contributed by atoms with E-state index in [4.69, 9.17) is 4.74 Å². The molecule has 1 aromatic carbocycles. The molecule has 2 amide bonds. The highest BCUT2D eigenvalue weighted by Gasteiger charge is 2.44. The van der Waals surface area contributed by atoms with Gasteiger partial charge in [-0.2, -0.15) is 0 Å². The highest BCUT2D eigenvalue weighted by Crippen LogP contribution is 2.37. The smallest absolute Gasteiger partial charge is 0.251 e. The zero-order chi connectivity index (χ0) is 21.0. The van der Waals surface area contributed by atoms with Gasteiger partial charge in [-0.25, -0.2) is 0 Å². The first-order valence-corrected chi connectivity index (χ1v) is 10.7. The second kappa shape index (κ2) is 8.96. The van der Waals surface area contributed by atoms with Crippen LogP contribution < -0.4 is 5.32 Å². The van der Waals surface area contributed by atoms with Gasteiger partial charge in [0.05, 0.1) is 5.41 Å². The van der Waals surface area contributed by atoms with E-state index in [0.717, 1.165) is 42.4 Å². The Morgan fingerprint density at radius 1 is 1.23 bits per heavy atom. The van der Waals surface area contributed by atoms with E-state index in [1.54, 1.807) is 13.2 Å². The number of carbonyl (C=O) groups excluding carboxylic acids is 2. The molecule has 0 saturated carbocycles. The van der Waals surface area contributed by atoms with E-state index < -0.39 is 5.41 Å². The van der Waals surface area contributed by atoms with Crippen molar-refractivity contribution < 1.29 is 14.3 Å². The van der Waals surface area contributed by atoms with Crippen LogP contribution >= 0.6 is 0 Å². The van der Waals surface area contributed by atoms with E-state index in [0.29, 0.717) is 26.1 Å². The van der Waals surface area contributed by atoms with Crippen molar-refractivity contribution in [1.82, 2.24) is 15.2 Å². The molecule has 1 aromatic heterocycles. The van der Waals surface area contributed by atoms with Crippen LogP contribution in [0.4, 0.5) is 0 Å². The predicted molar refractivity (Wildman–Crippen MR) is 115 cm³/mol. The van der Waals surface area contributed by atoms with Crippen molar-refractivity contribution >= 4 is 11.8 Å². The Bertz CT molecular complexity index is 896. The van der Waals surface area contributed by atoms with Crippen LogP contribution in [0.3, 0.4) is 0 Å². The second-order valence-corrected chi connectivity index (χ2v) is 8.30. The summed E-state index contributed by atoms with van der Waals surface area (Å²) in [4.78, 5) is 32.2. The molecule has 158 valence electrons. The first-order valence-electron chi connectivity index (χ1n) is 10.7. The summed E-state index contributed by atoms with van der Waals surface area (Å²) < 4.78 is 5.62. The summed E-state index contributed by atoms with van der Waals surface area (Å²) in [5, 5.41) is 2.86. The number of benzene rings is 1. The molecule has 2 saturated heterocycles. The van der Waals surface area contributed by atoms with E-state index in [1.165, 1.54) is 0 Å². The van der Waals surface area contributed by atoms with E-state index in [1.807, 2.05) is 35.4 Å². The summed E-state index contributed by atoms with van der Waals surface area (Å²) in [6.07, 6.45) is 7.08. The number of likely N-dealkylation sites (tertiary alicyclic amines) is 1. The molecule has 6 heteroatoms. The lowest BCUT2D eigenvalue weighted by molar-refractivity contribution is -0.148. The maximum atomic E-state index is 13.1. The Balaban J connectivity index is 1.64. The Hall–Kier alpha value is -2.73. The number of pyridine rings is 1. The quantitative estimate of drug-likeness (QED) is 0.827. The van der Waals surface area contributed by atoms with Crippen LogP contribution in [-0.2, 0) is 20.7 Å². The van der Waals surface area contributed by atoms with Crippen LogP contribution in [0.1, 0.15) is 31.2 Å². The molecule has 0 unspecified atom stereocenters. The second-order valence-electron chi connectivity index (χ2n) is 8.30. The van der Waals surface area contributed by atoms with Crippen molar-refractivity contribution in [2.24, 2.45) is 5.41 Å². The average molecular weight is 408 g/mol. The number of nitrogens with one attached hydrogen (secondary N) is 1. The number of rotatable bonds is 5. The molecule has 30 heavy (non-hydrogen) atoms. The van der Waals surface area contributed by atoms with Gasteiger partial charge in [0.15, 0.2) is 0 Å². The van der Waals surface area contributed by atoms with Crippen LogP contribution in [-0.4, -0.2) is 54.5 Å². The summed E-state index contributed by atoms with van der Waals surface area (Å²) in [7, 11) is 1.68. The topological polar surface area (TPSA) is 71.5 Å². The number of hydrogen-bond donors (Lipinski definition) is 1. The van der Waals surface area contributed by atoms with Gasteiger partial charge in [-0.15, -0.1) is 0 Å². The van der Waals surface area contributed by atoms with Crippen molar-refractivity contribution in [3.05, 3.63) is 54.4 Å². The number of aromatic nitrogens is 1. The lowest BCUT2D eigenvalue weighted by Gasteiger charge is -2.42. The van der Waals surface area contributed by atoms with Gasteiger partial charge in [0.1, 0.15) is 6.10 Å². The van der Waals surface area contributed by atoms with Crippen LogP contribution in [0.5, 0.6) is 0 Å². The fraction of sp³-hybridized carbons (Fsp3) is 0.458. The number of hydrogen-bond acceptors (Lipinski definition) is 4. The van der Waals surface area contributed by atoms with Crippen LogP contribution in [0.25, 0.3) is 11.1 Å². The number of ether oxygens (including phenoxy) is 1. The molecule has 0 radical (unpaired) electrons. The molecule has 0 bridgehead atoms. The molecule has 6 nitrogen and oxygen atoms in total. The van der Waals surface area contributed by atoms with Crippen molar-refractivity contribution in [1.29, 1.82) is 0 Å². The molecule has 2 aliphatic heterocycles. The Labute approximate surface area is 177 Å². The third-order valence-corrected chi connectivity index (χ3v) is 6.32. The van der Waals surface area contributed by atoms with Crippen LogP contribution in [0.15, 0.2) is 48.8 Å². The predicted octanol–water partition coefficient (Wildman–Crippen LogP) is 2.82. The number of amides is 2. The van der Waals surface area contributed by atoms with E-state index >= 15 is 0 Å². The maximum absolute atomic E-state index is 13.1. The molecule has 4 rings (SSSR count). The summed E-state index contributed by atoms with van der Waals surface area (Å²) in [6.45, 7) is 1.75. The number of nitrogens with zero attached hydrogens (tertiary/aromatic N) is 2. The molecular formula is C24H29N3O3. The molecule has 0 aliphatic carbocycles. The molecule has 3 heterocycles. The summed E-state index contributed by atoms with van der Waals surface area (Å²) in [5.41, 5.74) is 2.56. The zero-order valence-electron chi connectivity index (χ0n) is 17.5. The van der Waals surface area contributed by atoms with E-state index in [2.05, 4.69) is 22.4 Å². The van der Waals surface area contributed by atoms with Gasteiger partial charge in [-0.3, -0.25) is 14.6 Å². The van der Waals surface area contributed by atoms with E-state index in [9.17, 15) is 9.59 Å². The summed E-state index contributed by atoms with van der Waals surface area (Å²) >= 11 is 0. The standard InChI is InChI=1S/C24H29N3O3/c1-25-23(29)24(11-6-13-27(17-24)22(28)21-10-5-14-30-21)15-18-7-2-3-9-20(18)19-8-4-12-26-16-19/h2-4,7-9,12,16,21H,5-6,10-11,13-15,17H2,1H3,(H,25,29)/t21-,24-/m1/s1. The Kier molecular flexibility index (Phi) is 6.13. The fourth-order valence-electron chi connectivity index (χ4n) is 4.81. The molecule has 1 N–H and O–H groups in total. The SMILES string of the molecule is CNC(=O)[C@@]1(Cc2ccccc2-c2cccnc2)CCCN(C(=O)[C@H]2CCCO2)C1. The highest BCUT2D eigenvalue weighted by molar-refractivity contribution is 5.86. The first-order chi connectivity index (χ1) is 14.6. The number of carbonyl (C=O) groups is 2. The van der Waals surface area contributed by atoms with Gasteiger partial charge < -0.3 is 15.0 Å². The molecular weight excluding hydrogens is 378 g/mol. The fourth-order valence-corrected chi connectivity index (χ4v) is 4.81. The average Bonchev–Trinajstić information content (AvgIpc) is 3.34. The van der Waals surface area contributed by atoms with Gasteiger partial charge in [0.25, 0.3) is 5.91 Å². The Morgan fingerprint density at radius 3 is 2.83 bits per heavy atom. The van der Waals surface area contributed by atoms with Crippen molar-refractivity contribution in [2.75, 3.05) is 26.7 Å². The lowest BCUT2D eigenvalue weighted by atomic mass is 9.73. The molecule has 2 fully saturated rings. The first kappa shape index (κ1) is 20.5. The molecule has 0 spiro atoms. The molecule has 2 atom stereocenters. The minimum Gasteiger partial charge on any atom is -0.368 e. The van der Waals surface area contributed by atoms with Crippen LogP contribution in [0, 0.1) is 5.41 Å². The minimum atomic E-state index is -0.653. The minimum absolute atomic E-state index is 0.00618. The van der Waals surface area contributed by atoms with Gasteiger partial charge in [0, 0.05) is 44.7 Å². The zero-order valence-corrected chi connectivity index (χ0v) is 17.5. The largest absolute Gasteiger partial charge is 0.368 e. The van der Waals surface area contributed by atoms with Crippen molar-refractivity contribution in [3.63, 3.8) is 0 Å². The normalized spacial score (nSPS) is 23.9. The monoisotopic (exact) mass is 407 g/mol. The van der Waals surface area contributed by atoms with Gasteiger partial charge in [0.2, 0.25) is 5.91 Å². The molecule has 2 aromatic rings. The van der Waals surface area contributed by atoms with E-state index in [-0.39, 0.29) is 17.9 Å². The summed E-state index contributed by atoms with van der Waals surface area (Å²) in [6, 6.07) is 12.1. The van der Waals surface area contributed by atoms with Gasteiger partial charge in [-0.1, -0.05) is 30.3 Å². The molecule has 2 aliphatic rings. The van der Waals surface area contributed by atoms with Crippen molar-refractivity contribution in [3.8, 4) is 11.1 Å². The Morgan fingerprint density at radius 2 is 2.10 bits per heavy atom. The van der Waals surface area contributed by atoms with Crippen molar-refractivity contribution in [2.45, 2.75) is 38.2 Å². The highest BCUT2D eigenvalue weighted by atomic mass is 16.5. The van der Waals surface area contributed by atoms with Gasteiger partial charge in [-0.05, 0) is 49.3 Å². The number of piperidine rings is 1. The van der Waals surface area contributed by atoms with Crippen LogP contribution in [0.2, 0.25) is 0 Å². The van der Waals surface area contributed by atoms with Gasteiger partial charge >= 0.3 is 0 Å². The lowest BCUT2D eigenvalue weighted by Crippen LogP contribution is -2.55. The third-order valence-electron chi connectivity index (χ3n) is 6.32. The maximum Gasteiger partial charge on any atom is 0.251 e. The summed E-state index contributed by atoms with van der Waals surface area (Å²) in [5.74, 6) is 0.0225. The third kappa shape index (κ3) is 4.10.